The lowest BCUT2D eigenvalue weighted by atomic mass is 10.00. The molecule has 0 N–H and O–H groups in total. The smallest absolute Gasteiger partial charge is 0.118 e. The monoisotopic (exact) mass is 466 g/mol. The molecule has 1 heterocycles. The van der Waals surface area contributed by atoms with Crippen molar-refractivity contribution in [3.63, 3.8) is 0 Å². The maximum absolute atomic E-state index is 6.35. The number of methoxy groups -OCH3 is 1. The zero-order valence-electron chi connectivity index (χ0n) is 16.2. The number of aliphatic imine (C=N–C) groups is 1. The van der Waals surface area contributed by atoms with Crippen molar-refractivity contribution < 1.29 is 4.74 Å². The molecule has 0 spiro atoms. The van der Waals surface area contributed by atoms with E-state index in [0.29, 0.717) is 5.02 Å². The molecule has 0 radical (unpaired) electrons. The molecule has 1 aliphatic heterocycles. The third-order valence-electron chi connectivity index (χ3n) is 4.83. The second-order valence-electron chi connectivity index (χ2n) is 6.89. The number of hydrogen-bond donors (Lipinski definition) is 0. The summed E-state index contributed by atoms with van der Waals surface area (Å²) in [6, 6.07) is 22.2. The first-order valence-corrected chi connectivity index (χ1v) is 10.4. The van der Waals surface area contributed by atoms with Crippen molar-refractivity contribution in [3.05, 3.63) is 105 Å². The number of fused-ring (bicyclic) bond motifs is 1. The third-order valence-corrected chi connectivity index (χ3v) is 5.56. The zero-order chi connectivity index (χ0) is 20.4. The molecule has 0 amide bonds. The van der Waals surface area contributed by atoms with E-state index in [1.165, 1.54) is 5.56 Å². The third kappa shape index (κ3) is 4.39. The Balaban J connectivity index is 1.83. The first-order valence-electron chi connectivity index (χ1n) is 9.24. The van der Waals surface area contributed by atoms with Gasteiger partial charge in [-0.25, -0.2) is 0 Å². The average molecular weight is 468 g/mol. The summed E-state index contributed by atoms with van der Waals surface area (Å²) >= 11 is 9.90. The van der Waals surface area contributed by atoms with E-state index >= 15 is 0 Å². The summed E-state index contributed by atoms with van der Waals surface area (Å²) in [5, 5.41) is 0.689. The fourth-order valence-electron chi connectivity index (χ4n) is 3.44. The van der Waals surface area contributed by atoms with Gasteiger partial charge in [0, 0.05) is 40.3 Å². The van der Waals surface area contributed by atoms with E-state index in [0.717, 1.165) is 44.9 Å². The van der Waals surface area contributed by atoms with Crippen LogP contribution in [0.2, 0.25) is 5.02 Å². The van der Waals surface area contributed by atoms with Crippen molar-refractivity contribution in [2.24, 2.45) is 4.99 Å². The van der Waals surface area contributed by atoms with Crippen LogP contribution in [0.25, 0.3) is 0 Å². The van der Waals surface area contributed by atoms with Crippen LogP contribution in [-0.2, 0) is 6.42 Å². The van der Waals surface area contributed by atoms with Gasteiger partial charge < -0.3 is 9.64 Å². The number of allylic oxidation sites excluding steroid dienone is 1. The van der Waals surface area contributed by atoms with Gasteiger partial charge in [0.2, 0.25) is 0 Å². The molecule has 0 aromatic heterocycles. The molecule has 0 unspecified atom stereocenters. The molecule has 3 aromatic carbocycles. The molecule has 146 valence electrons. The van der Waals surface area contributed by atoms with Crippen LogP contribution in [0, 0.1) is 0 Å². The van der Waals surface area contributed by atoms with E-state index in [1.807, 2.05) is 61.6 Å². The highest BCUT2D eigenvalue weighted by atomic mass is 79.9. The molecular formula is C24H20BrClN2O. The van der Waals surface area contributed by atoms with E-state index in [-0.39, 0.29) is 0 Å². The van der Waals surface area contributed by atoms with Crippen LogP contribution in [0.4, 0.5) is 5.69 Å². The van der Waals surface area contributed by atoms with Gasteiger partial charge in [0.1, 0.15) is 5.75 Å². The Labute approximate surface area is 184 Å². The van der Waals surface area contributed by atoms with Gasteiger partial charge in [-0.3, -0.25) is 4.99 Å². The summed E-state index contributed by atoms with van der Waals surface area (Å²) in [4.78, 5) is 7.19. The lowest BCUT2D eigenvalue weighted by Gasteiger charge is -2.18. The van der Waals surface area contributed by atoms with Crippen molar-refractivity contribution in [2.75, 3.05) is 19.1 Å². The number of ether oxygens (including phenoxy) is 1. The van der Waals surface area contributed by atoms with Crippen molar-refractivity contribution >= 4 is 38.9 Å². The quantitative estimate of drug-likeness (QED) is 0.438. The lowest BCUT2D eigenvalue weighted by molar-refractivity contribution is 0.415. The predicted octanol–water partition coefficient (Wildman–Crippen LogP) is 6.48. The van der Waals surface area contributed by atoms with Gasteiger partial charge >= 0.3 is 0 Å². The molecule has 0 aliphatic carbocycles. The molecule has 4 rings (SSSR count). The number of hydrogen-bond acceptors (Lipinski definition) is 3. The van der Waals surface area contributed by atoms with Crippen LogP contribution in [0.5, 0.6) is 5.75 Å². The van der Waals surface area contributed by atoms with Crippen molar-refractivity contribution in [2.45, 2.75) is 6.42 Å². The summed E-state index contributed by atoms with van der Waals surface area (Å²) in [5.41, 5.74) is 6.16. The first kappa shape index (κ1) is 19.7. The maximum atomic E-state index is 6.35. The normalized spacial score (nSPS) is 13.3. The first-order chi connectivity index (χ1) is 14.0. The summed E-state index contributed by atoms with van der Waals surface area (Å²) < 4.78 is 6.38. The number of nitrogens with zero attached hydrogens (tertiary/aromatic N) is 2. The summed E-state index contributed by atoms with van der Waals surface area (Å²) in [6.45, 7) is 0. The van der Waals surface area contributed by atoms with Gasteiger partial charge in [-0.1, -0.05) is 39.7 Å². The maximum Gasteiger partial charge on any atom is 0.118 e. The average Bonchev–Trinajstić information content (AvgIpc) is 2.84. The molecule has 5 heteroatoms. The van der Waals surface area contributed by atoms with Gasteiger partial charge in [-0.05, 0) is 60.2 Å². The van der Waals surface area contributed by atoms with Crippen LogP contribution in [0.1, 0.15) is 16.7 Å². The van der Waals surface area contributed by atoms with Crippen molar-refractivity contribution in [3.8, 4) is 5.75 Å². The SMILES string of the molecule is COc1ccc(C2=NC(Cc3cccc(Br)c3)=CN(C)c3ccc(Cl)cc32)cc1. The lowest BCUT2D eigenvalue weighted by Crippen LogP contribution is -2.12. The number of rotatable bonds is 4. The van der Waals surface area contributed by atoms with E-state index in [9.17, 15) is 0 Å². The van der Waals surface area contributed by atoms with Crippen LogP contribution < -0.4 is 9.64 Å². The van der Waals surface area contributed by atoms with Gasteiger partial charge in [0.25, 0.3) is 0 Å². The van der Waals surface area contributed by atoms with Crippen molar-refractivity contribution in [1.82, 2.24) is 0 Å². The van der Waals surface area contributed by atoms with E-state index in [1.54, 1.807) is 7.11 Å². The van der Waals surface area contributed by atoms with E-state index < -0.39 is 0 Å². The Morgan fingerprint density at radius 2 is 1.83 bits per heavy atom. The number of halogens is 2. The van der Waals surface area contributed by atoms with Gasteiger partial charge in [0.15, 0.2) is 0 Å². The Morgan fingerprint density at radius 3 is 2.55 bits per heavy atom. The predicted molar refractivity (Wildman–Crippen MR) is 124 cm³/mol. The second kappa shape index (κ2) is 8.44. The van der Waals surface area contributed by atoms with Gasteiger partial charge in [0.05, 0.1) is 24.2 Å². The standard InChI is InChI=1S/C24H20BrClN2O/c1-28-15-20(13-16-4-3-5-18(25)12-16)27-24(17-6-9-21(29-2)10-7-17)22-14-19(26)8-11-23(22)28/h3-12,14-15H,13H2,1-2H3. The Morgan fingerprint density at radius 1 is 1.03 bits per heavy atom. The van der Waals surface area contributed by atoms with E-state index in [4.69, 9.17) is 21.3 Å². The largest absolute Gasteiger partial charge is 0.497 e. The van der Waals surface area contributed by atoms with Crippen LogP contribution in [-0.4, -0.2) is 19.9 Å². The van der Waals surface area contributed by atoms with E-state index in [2.05, 4.69) is 39.2 Å². The topological polar surface area (TPSA) is 24.8 Å². The number of benzene rings is 3. The van der Waals surface area contributed by atoms with Crippen LogP contribution in [0.3, 0.4) is 0 Å². The summed E-state index contributed by atoms with van der Waals surface area (Å²) in [7, 11) is 3.71. The fourth-order valence-corrected chi connectivity index (χ4v) is 4.06. The molecule has 3 aromatic rings. The molecule has 29 heavy (non-hydrogen) atoms. The second-order valence-corrected chi connectivity index (χ2v) is 8.24. The molecule has 0 bridgehead atoms. The zero-order valence-corrected chi connectivity index (χ0v) is 18.5. The highest BCUT2D eigenvalue weighted by Gasteiger charge is 2.19. The molecule has 0 fully saturated rings. The summed E-state index contributed by atoms with van der Waals surface area (Å²) in [6.07, 6.45) is 2.81. The Kier molecular flexibility index (Phi) is 5.74. The Bertz CT molecular complexity index is 1110. The highest BCUT2D eigenvalue weighted by Crippen LogP contribution is 2.31. The highest BCUT2D eigenvalue weighted by molar-refractivity contribution is 9.10. The van der Waals surface area contributed by atoms with Crippen LogP contribution in [0.15, 0.2) is 88.1 Å². The number of anilines is 1. The Hall–Kier alpha value is -2.56. The molecule has 0 saturated carbocycles. The molecule has 0 atom stereocenters. The molecular weight excluding hydrogens is 448 g/mol. The molecule has 3 nitrogen and oxygen atoms in total. The minimum Gasteiger partial charge on any atom is -0.497 e. The van der Waals surface area contributed by atoms with Crippen molar-refractivity contribution in [1.29, 1.82) is 0 Å². The molecule has 0 saturated heterocycles. The van der Waals surface area contributed by atoms with Crippen LogP contribution >= 0.6 is 27.5 Å². The summed E-state index contributed by atoms with van der Waals surface area (Å²) in [5.74, 6) is 0.816. The fraction of sp³-hybridized carbons (Fsp3) is 0.125. The minimum absolute atomic E-state index is 0.689. The van der Waals surface area contributed by atoms with Gasteiger partial charge in [-0.15, -0.1) is 0 Å². The minimum atomic E-state index is 0.689. The van der Waals surface area contributed by atoms with Gasteiger partial charge in [-0.2, -0.15) is 0 Å². The molecule has 1 aliphatic rings.